The Morgan fingerprint density at radius 2 is 2.00 bits per heavy atom. The van der Waals surface area contributed by atoms with Crippen LogP contribution in [-0.4, -0.2) is 31.9 Å². The van der Waals surface area contributed by atoms with Gasteiger partial charge in [-0.1, -0.05) is 0 Å². The summed E-state index contributed by atoms with van der Waals surface area (Å²) in [6.07, 6.45) is 0. The summed E-state index contributed by atoms with van der Waals surface area (Å²) in [4.78, 5) is 11.2. The number of sulfone groups is 1. The number of nitrogens with two attached hydrogens (primary N) is 2. The lowest BCUT2D eigenvalue weighted by atomic mass is 10.1. The van der Waals surface area contributed by atoms with E-state index in [2.05, 4.69) is 0 Å². The van der Waals surface area contributed by atoms with Crippen molar-refractivity contribution in [2.45, 2.75) is 19.1 Å². The van der Waals surface area contributed by atoms with E-state index in [0.29, 0.717) is 5.69 Å². The van der Waals surface area contributed by atoms with Crippen molar-refractivity contribution < 1.29 is 17.9 Å². The molecule has 0 atom stereocenters. The molecule has 4 N–H and O–H groups in total. The summed E-state index contributed by atoms with van der Waals surface area (Å²) in [7, 11) is -3.18. The van der Waals surface area contributed by atoms with Crippen LogP contribution in [0.5, 0.6) is 5.75 Å². The number of hydrogen-bond donors (Lipinski definition) is 2. The van der Waals surface area contributed by atoms with Gasteiger partial charge in [0.15, 0.2) is 9.84 Å². The van der Waals surface area contributed by atoms with Crippen molar-refractivity contribution in [3.8, 4) is 5.75 Å². The third kappa shape index (κ3) is 4.13. The summed E-state index contributed by atoms with van der Waals surface area (Å²) in [5.74, 6) is -0.553. The zero-order valence-electron chi connectivity index (χ0n) is 10.9. The van der Waals surface area contributed by atoms with E-state index in [0.717, 1.165) is 0 Å². The van der Waals surface area contributed by atoms with E-state index in [-0.39, 0.29) is 23.7 Å². The molecule has 0 unspecified atom stereocenters. The molecule has 0 saturated heterocycles. The highest BCUT2D eigenvalue weighted by molar-refractivity contribution is 7.91. The Kier molecular flexibility index (Phi) is 4.77. The molecule has 0 aromatic heterocycles. The highest BCUT2D eigenvalue weighted by Crippen LogP contribution is 2.21. The largest absolute Gasteiger partial charge is 0.492 e. The van der Waals surface area contributed by atoms with Crippen LogP contribution in [0.4, 0.5) is 5.69 Å². The molecular formula is C12H18N2O4S. The molecule has 19 heavy (non-hydrogen) atoms. The molecule has 1 rings (SSSR count). The smallest absolute Gasteiger partial charge is 0.252 e. The van der Waals surface area contributed by atoms with Crippen LogP contribution < -0.4 is 16.2 Å². The van der Waals surface area contributed by atoms with Crippen molar-refractivity contribution in [1.29, 1.82) is 0 Å². The van der Waals surface area contributed by atoms with Gasteiger partial charge in [-0.3, -0.25) is 4.79 Å². The molecule has 0 fully saturated rings. The van der Waals surface area contributed by atoms with Gasteiger partial charge in [0.1, 0.15) is 12.4 Å². The molecule has 0 aliphatic heterocycles. The molecule has 0 bridgehead atoms. The first-order chi connectivity index (χ1) is 8.74. The molecule has 6 nitrogen and oxygen atoms in total. The summed E-state index contributed by atoms with van der Waals surface area (Å²) >= 11 is 0. The first kappa shape index (κ1) is 15.3. The standard InChI is InChI=1S/C12H18N2O4S/c1-8(2)19(16,17)6-5-18-11-4-3-9(13)7-10(11)12(14)15/h3-4,7-8H,5-6,13H2,1-2H3,(H2,14,15). The summed E-state index contributed by atoms with van der Waals surface area (Å²) in [6, 6.07) is 4.45. The number of amides is 1. The quantitative estimate of drug-likeness (QED) is 0.742. The van der Waals surface area contributed by atoms with Crippen LogP contribution in [0.1, 0.15) is 24.2 Å². The van der Waals surface area contributed by atoms with Gasteiger partial charge in [0.2, 0.25) is 0 Å². The second-order valence-electron chi connectivity index (χ2n) is 4.38. The Morgan fingerprint density at radius 3 is 2.53 bits per heavy atom. The highest BCUT2D eigenvalue weighted by Gasteiger charge is 2.17. The van der Waals surface area contributed by atoms with Crippen LogP contribution in [0.3, 0.4) is 0 Å². The van der Waals surface area contributed by atoms with Gasteiger partial charge < -0.3 is 16.2 Å². The molecule has 1 aromatic rings. The van der Waals surface area contributed by atoms with Gasteiger partial charge in [0.05, 0.1) is 16.6 Å². The van der Waals surface area contributed by atoms with Gasteiger partial charge in [0.25, 0.3) is 5.91 Å². The fraction of sp³-hybridized carbons (Fsp3) is 0.417. The summed E-state index contributed by atoms with van der Waals surface area (Å²) in [5.41, 5.74) is 11.3. The van der Waals surface area contributed by atoms with Crippen LogP contribution in [-0.2, 0) is 9.84 Å². The topological polar surface area (TPSA) is 112 Å². The fourth-order valence-corrected chi connectivity index (χ4v) is 2.16. The molecular weight excluding hydrogens is 268 g/mol. The van der Waals surface area contributed by atoms with Crippen molar-refractivity contribution >= 4 is 21.4 Å². The third-order valence-electron chi connectivity index (χ3n) is 2.61. The van der Waals surface area contributed by atoms with Crippen LogP contribution in [0.25, 0.3) is 0 Å². The van der Waals surface area contributed by atoms with Gasteiger partial charge in [0, 0.05) is 5.69 Å². The lowest BCUT2D eigenvalue weighted by Gasteiger charge is -2.11. The maximum absolute atomic E-state index is 11.6. The first-order valence-electron chi connectivity index (χ1n) is 5.77. The number of hydrogen-bond acceptors (Lipinski definition) is 5. The molecule has 1 aromatic carbocycles. The van der Waals surface area contributed by atoms with E-state index < -0.39 is 21.0 Å². The number of carbonyl (C=O) groups excluding carboxylic acids is 1. The predicted molar refractivity (Wildman–Crippen MR) is 73.8 cm³/mol. The number of rotatable bonds is 6. The van der Waals surface area contributed by atoms with E-state index in [1.165, 1.54) is 12.1 Å². The normalized spacial score (nSPS) is 11.5. The maximum atomic E-state index is 11.6. The van der Waals surface area contributed by atoms with Gasteiger partial charge >= 0.3 is 0 Å². The average Bonchev–Trinajstić information content (AvgIpc) is 2.30. The third-order valence-corrected chi connectivity index (χ3v) is 4.78. The summed E-state index contributed by atoms with van der Waals surface area (Å²) < 4.78 is 28.5. The van der Waals surface area contributed by atoms with Crippen molar-refractivity contribution in [2.75, 3.05) is 18.1 Å². The van der Waals surface area contributed by atoms with E-state index in [1.807, 2.05) is 0 Å². The Labute approximate surface area is 112 Å². The van der Waals surface area contributed by atoms with Gasteiger partial charge in [-0.05, 0) is 32.0 Å². The second kappa shape index (κ2) is 5.92. The molecule has 0 heterocycles. The first-order valence-corrected chi connectivity index (χ1v) is 7.49. The fourth-order valence-electron chi connectivity index (χ4n) is 1.37. The van der Waals surface area contributed by atoms with Crippen LogP contribution in [0.2, 0.25) is 0 Å². The van der Waals surface area contributed by atoms with Crippen LogP contribution >= 0.6 is 0 Å². The molecule has 0 aliphatic carbocycles. The van der Waals surface area contributed by atoms with Crippen molar-refractivity contribution in [3.05, 3.63) is 23.8 Å². The lowest BCUT2D eigenvalue weighted by Crippen LogP contribution is -2.22. The molecule has 1 amide bonds. The van der Waals surface area contributed by atoms with E-state index in [9.17, 15) is 13.2 Å². The number of carbonyl (C=O) groups is 1. The monoisotopic (exact) mass is 286 g/mol. The van der Waals surface area contributed by atoms with Crippen molar-refractivity contribution in [2.24, 2.45) is 5.73 Å². The summed E-state index contributed by atoms with van der Waals surface area (Å²) in [6.45, 7) is 3.17. The number of anilines is 1. The van der Waals surface area contributed by atoms with Gasteiger partial charge in [-0.2, -0.15) is 0 Å². The minimum Gasteiger partial charge on any atom is -0.492 e. The Bertz CT molecular complexity index is 567. The molecule has 0 saturated carbocycles. The van der Waals surface area contributed by atoms with Crippen LogP contribution in [0, 0.1) is 0 Å². The molecule has 0 radical (unpaired) electrons. The van der Waals surface area contributed by atoms with Gasteiger partial charge in [-0.25, -0.2) is 8.42 Å². The van der Waals surface area contributed by atoms with Crippen LogP contribution in [0.15, 0.2) is 18.2 Å². The highest BCUT2D eigenvalue weighted by atomic mass is 32.2. The van der Waals surface area contributed by atoms with Gasteiger partial charge in [-0.15, -0.1) is 0 Å². The molecule has 0 spiro atoms. The lowest BCUT2D eigenvalue weighted by molar-refractivity contribution is 0.0996. The number of primary amides is 1. The van der Waals surface area contributed by atoms with E-state index in [4.69, 9.17) is 16.2 Å². The SMILES string of the molecule is CC(C)S(=O)(=O)CCOc1ccc(N)cc1C(N)=O. The number of ether oxygens (including phenoxy) is 1. The van der Waals surface area contributed by atoms with E-state index in [1.54, 1.807) is 19.9 Å². The number of nitrogen functional groups attached to an aromatic ring is 1. The Morgan fingerprint density at radius 1 is 1.37 bits per heavy atom. The number of benzene rings is 1. The molecule has 7 heteroatoms. The zero-order chi connectivity index (χ0) is 14.6. The predicted octanol–water partition coefficient (Wildman–Crippen LogP) is 0.570. The zero-order valence-corrected chi connectivity index (χ0v) is 11.7. The Hall–Kier alpha value is -1.76. The maximum Gasteiger partial charge on any atom is 0.252 e. The molecule has 106 valence electrons. The molecule has 0 aliphatic rings. The van der Waals surface area contributed by atoms with E-state index >= 15 is 0 Å². The van der Waals surface area contributed by atoms with Crippen molar-refractivity contribution in [3.63, 3.8) is 0 Å². The minimum atomic E-state index is -3.18. The van der Waals surface area contributed by atoms with Crippen molar-refractivity contribution in [1.82, 2.24) is 0 Å². The second-order valence-corrected chi connectivity index (χ2v) is 7.06. The average molecular weight is 286 g/mol. The minimum absolute atomic E-state index is 0.0370. The Balaban J connectivity index is 2.77. The summed E-state index contributed by atoms with van der Waals surface area (Å²) in [5, 5.41) is -0.460.